The molecule has 6 heteroatoms. The van der Waals surface area contributed by atoms with Crippen LogP contribution in [0, 0.1) is 11.7 Å². The molecule has 0 unspecified atom stereocenters. The zero-order valence-corrected chi connectivity index (χ0v) is 14.4. The smallest absolute Gasteiger partial charge is 0.289 e. The Morgan fingerprint density at radius 1 is 1.00 bits per heavy atom. The minimum absolute atomic E-state index is 0.0457. The number of piperazine rings is 1. The number of benzene rings is 1. The molecule has 0 saturated carbocycles. The molecule has 3 rings (SSSR count). The summed E-state index contributed by atoms with van der Waals surface area (Å²) in [5.41, 5.74) is 0.328. The van der Waals surface area contributed by atoms with Crippen molar-refractivity contribution < 1.29 is 18.4 Å². The van der Waals surface area contributed by atoms with Crippen LogP contribution in [0.25, 0.3) is 11.3 Å². The van der Waals surface area contributed by atoms with Crippen LogP contribution in [0.15, 0.2) is 40.8 Å². The van der Waals surface area contributed by atoms with E-state index in [2.05, 4.69) is 0 Å². The topological polar surface area (TPSA) is 53.8 Å². The Hall–Kier alpha value is -2.63. The second-order valence-electron chi connectivity index (χ2n) is 6.42. The van der Waals surface area contributed by atoms with Gasteiger partial charge in [-0.1, -0.05) is 26.0 Å². The Kier molecular flexibility index (Phi) is 4.88. The third-order valence-corrected chi connectivity index (χ3v) is 4.33. The van der Waals surface area contributed by atoms with Gasteiger partial charge in [-0.3, -0.25) is 9.59 Å². The molecule has 1 aromatic heterocycles. The first-order valence-electron chi connectivity index (χ1n) is 8.40. The van der Waals surface area contributed by atoms with Gasteiger partial charge in [0.2, 0.25) is 5.91 Å². The molecule has 2 heterocycles. The van der Waals surface area contributed by atoms with Gasteiger partial charge in [0, 0.05) is 32.1 Å². The van der Waals surface area contributed by atoms with E-state index in [-0.39, 0.29) is 23.5 Å². The van der Waals surface area contributed by atoms with Crippen molar-refractivity contribution in [1.29, 1.82) is 0 Å². The van der Waals surface area contributed by atoms with Crippen molar-refractivity contribution in [3.63, 3.8) is 0 Å². The molecular formula is C19H21FN2O3. The van der Waals surface area contributed by atoms with Crippen LogP contribution in [0.3, 0.4) is 0 Å². The lowest BCUT2D eigenvalue weighted by atomic mass is 10.1. The van der Waals surface area contributed by atoms with E-state index in [9.17, 15) is 14.0 Å². The summed E-state index contributed by atoms with van der Waals surface area (Å²) in [4.78, 5) is 28.0. The zero-order valence-electron chi connectivity index (χ0n) is 14.4. The van der Waals surface area contributed by atoms with Crippen molar-refractivity contribution in [2.45, 2.75) is 13.8 Å². The normalized spacial score (nSPS) is 14.9. The van der Waals surface area contributed by atoms with Gasteiger partial charge in [-0.15, -0.1) is 0 Å². The second kappa shape index (κ2) is 7.09. The van der Waals surface area contributed by atoms with Gasteiger partial charge in [-0.05, 0) is 24.3 Å². The first kappa shape index (κ1) is 17.2. The van der Waals surface area contributed by atoms with E-state index < -0.39 is 5.82 Å². The van der Waals surface area contributed by atoms with E-state index in [0.717, 1.165) is 0 Å². The molecule has 1 aromatic carbocycles. The number of carbonyl (C=O) groups is 2. The SMILES string of the molecule is CC(C)C(=O)N1CCN(C(=O)c2ccc(-c3ccccc3F)o2)CC1. The lowest BCUT2D eigenvalue weighted by Gasteiger charge is -2.35. The molecule has 1 aliphatic rings. The van der Waals surface area contributed by atoms with E-state index in [1.54, 1.807) is 40.1 Å². The molecule has 2 amide bonds. The summed E-state index contributed by atoms with van der Waals surface area (Å²) in [6.07, 6.45) is 0. The van der Waals surface area contributed by atoms with Gasteiger partial charge >= 0.3 is 0 Å². The van der Waals surface area contributed by atoms with Gasteiger partial charge in [-0.2, -0.15) is 0 Å². The second-order valence-corrected chi connectivity index (χ2v) is 6.42. The van der Waals surface area contributed by atoms with Crippen LogP contribution in [-0.4, -0.2) is 47.8 Å². The summed E-state index contributed by atoms with van der Waals surface area (Å²) in [6.45, 7) is 5.70. The standard InChI is InChI=1S/C19H21FN2O3/c1-13(2)18(23)21-9-11-22(12-10-21)19(24)17-8-7-16(25-17)14-5-3-4-6-15(14)20/h3-8,13H,9-12H2,1-2H3. The Labute approximate surface area is 146 Å². The fraction of sp³-hybridized carbons (Fsp3) is 0.368. The molecule has 5 nitrogen and oxygen atoms in total. The highest BCUT2D eigenvalue weighted by Gasteiger charge is 2.27. The highest BCUT2D eigenvalue weighted by Crippen LogP contribution is 2.25. The number of hydrogen-bond donors (Lipinski definition) is 0. The van der Waals surface area contributed by atoms with Crippen molar-refractivity contribution in [2.75, 3.05) is 26.2 Å². The minimum Gasteiger partial charge on any atom is -0.451 e. The third-order valence-electron chi connectivity index (χ3n) is 4.33. The summed E-state index contributed by atoms with van der Waals surface area (Å²) in [5, 5.41) is 0. The molecule has 0 aliphatic carbocycles. The molecule has 0 spiro atoms. The molecule has 0 atom stereocenters. The Balaban J connectivity index is 1.67. The number of nitrogens with zero attached hydrogens (tertiary/aromatic N) is 2. The Bertz CT molecular complexity index is 776. The van der Waals surface area contributed by atoms with Crippen molar-refractivity contribution in [3.8, 4) is 11.3 Å². The van der Waals surface area contributed by atoms with E-state index in [4.69, 9.17) is 4.42 Å². The lowest BCUT2D eigenvalue weighted by molar-refractivity contribution is -0.135. The molecular weight excluding hydrogens is 323 g/mol. The monoisotopic (exact) mass is 344 g/mol. The van der Waals surface area contributed by atoms with Crippen LogP contribution in [0.1, 0.15) is 24.4 Å². The number of furan rings is 1. The summed E-state index contributed by atoms with van der Waals surface area (Å²) in [6, 6.07) is 9.45. The summed E-state index contributed by atoms with van der Waals surface area (Å²) in [5.74, 6) is -0.0598. The average molecular weight is 344 g/mol. The molecule has 132 valence electrons. The Morgan fingerprint density at radius 3 is 2.28 bits per heavy atom. The van der Waals surface area contributed by atoms with Gasteiger partial charge in [0.1, 0.15) is 11.6 Å². The van der Waals surface area contributed by atoms with Crippen LogP contribution in [0.5, 0.6) is 0 Å². The minimum atomic E-state index is -0.392. The quantitative estimate of drug-likeness (QED) is 0.860. The predicted molar refractivity (Wildman–Crippen MR) is 91.4 cm³/mol. The van der Waals surface area contributed by atoms with Gasteiger partial charge in [0.15, 0.2) is 5.76 Å². The third kappa shape index (κ3) is 3.57. The number of halogens is 1. The molecule has 0 radical (unpaired) electrons. The van der Waals surface area contributed by atoms with Gasteiger partial charge in [0.25, 0.3) is 5.91 Å². The maximum Gasteiger partial charge on any atom is 0.289 e. The highest BCUT2D eigenvalue weighted by atomic mass is 19.1. The van der Waals surface area contributed by atoms with Gasteiger partial charge in [0.05, 0.1) is 5.56 Å². The molecule has 25 heavy (non-hydrogen) atoms. The molecule has 1 aliphatic heterocycles. The van der Waals surface area contributed by atoms with Crippen LogP contribution in [-0.2, 0) is 4.79 Å². The first-order valence-corrected chi connectivity index (χ1v) is 8.40. The molecule has 1 saturated heterocycles. The Morgan fingerprint density at radius 2 is 1.64 bits per heavy atom. The first-order chi connectivity index (χ1) is 12.0. The maximum atomic E-state index is 13.8. The summed E-state index contributed by atoms with van der Waals surface area (Å²) in [7, 11) is 0. The number of hydrogen-bond acceptors (Lipinski definition) is 3. The summed E-state index contributed by atoms with van der Waals surface area (Å²) >= 11 is 0. The number of rotatable bonds is 3. The number of carbonyl (C=O) groups excluding carboxylic acids is 2. The van der Waals surface area contributed by atoms with Crippen LogP contribution < -0.4 is 0 Å². The fourth-order valence-electron chi connectivity index (χ4n) is 2.91. The molecule has 1 fully saturated rings. The average Bonchev–Trinajstić information content (AvgIpc) is 3.10. The van der Waals surface area contributed by atoms with Crippen LogP contribution in [0.4, 0.5) is 4.39 Å². The maximum absolute atomic E-state index is 13.8. The molecule has 0 N–H and O–H groups in total. The number of amides is 2. The van der Waals surface area contributed by atoms with Crippen molar-refractivity contribution in [2.24, 2.45) is 5.92 Å². The predicted octanol–water partition coefficient (Wildman–Crippen LogP) is 3.03. The van der Waals surface area contributed by atoms with Crippen molar-refractivity contribution in [3.05, 3.63) is 48.0 Å². The van der Waals surface area contributed by atoms with E-state index in [1.165, 1.54) is 6.07 Å². The van der Waals surface area contributed by atoms with Crippen molar-refractivity contribution >= 4 is 11.8 Å². The zero-order chi connectivity index (χ0) is 18.0. The van der Waals surface area contributed by atoms with E-state index >= 15 is 0 Å². The highest BCUT2D eigenvalue weighted by molar-refractivity contribution is 5.92. The van der Waals surface area contributed by atoms with E-state index in [1.807, 2.05) is 13.8 Å². The van der Waals surface area contributed by atoms with Crippen LogP contribution >= 0.6 is 0 Å². The van der Waals surface area contributed by atoms with Gasteiger partial charge in [-0.25, -0.2) is 4.39 Å². The summed E-state index contributed by atoms with van der Waals surface area (Å²) < 4.78 is 19.4. The molecule has 0 bridgehead atoms. The lowest BCUT2D eigenvalue weighted by Crippen LogP contribution is -2.51. The fourth-order valence-corrected chi connectivity index (χ4v) is 2.91. The largest absolute Gasteiger partial charge is 0.451 e. The molecule has 2 aromatic rings. The van der Waals surface area contributed by atoms with Crippen molar-refractivity contribution in [1.82, 2.24) is 9.80 Å². The van der Waals surface area contributed by atoms with Crippen LogP contribution in [0.2, 0.25) is 0 Å². The van der Waals surface area contributed by atoms with Gasteiger partial charge < -0.3 is 14.2 Å². The van der Waals surface area contributed by atoms with E-state index in [0.29, 0.717) is 37.5 Å².